The zero-order valence-electron chi connectivity index (χ0n) is 23.2. The van der Waals surface area contributed by atoms with Gasteiger partial charge in [0, 0.05) is 21.9 Å². The van der Waals surface area contributed by atoms with Crippen LogP contribution in [0.25, 0.3) is 54.9 Å². The third-order valence-electron chi connectivity index (χ3n) is 7.91. The van der Waals surface area contributed by atoms with E-state index < -0.39 is 0 Å². The van der Waals surface area contributed by atoms with Crippen molar-refractivity contribution in [2.24, 2.45) is 4.99 Å². The topological polar surface area (TPSA) is 66.3 Å². The van der Waals surface area contributed by atoms with Crippen LogP contribution < -0.4 is 5.43 Å². The smallest absolute Gasteiger partial charge is 0.154 e. The van der Waals surface area contributed by atoms with E-state index >= 15 is 0 Å². The molecule has 8 aromatic rings. The molecule has 0 aliphatic heterocycles. The molecule has 2 aromatic heterocycles. The van der Waals surface area contributed by atoms with Crippen LogP contribution >= 0.6 is 0 Å². The van der Waals surface area contributed by atoms with Crippen LogP contribution in [0.5, 0.6) is 0 Å². The molecule has 2 N–H and O–H groups in total. The zero-order valence-corrected chi connectivity index (χ0v) is 23.2. The maximum absolute atomic E-state index is 8.79. The van der Waals surface area contributed by atoms with E-state index in [1.54, 1.807) is 0 Å². The van der Waals surface area contributed by atoms with Crippen molar-refractivity contribution in [3.63, 3.8) is 0 Å². The SMILES string of the molecule is N=C(/N=C(\Nn1c2cccc3oc4ccc(-c5ccccc5)cc4c4cccc1c4c32)c1ccccc1)c1ccccc1. The number of aliphatic imine (C=N–C) groups is 1. The van der Waals surface area contributed by atoms with Gasteiger partial charge in [0.15, 0.2) is 11.7 Å². The maximum Gasteiger partial charge on any atom is 0.154 e. The summed E-state index contributed by atoms with van der Waals surface area (Å²) >= 11 is 0. The lowest BCUT2D eigenvalue weighted by Crippen LogP contribution is -2.25. The predicted octanol–water partition coefficient (Wildman–Crippen LogP) is 9.38. The van der Waals surface area contributed by atoms with Crippen molar-refractivity contribution in [1.82, 2.24) is 4.68 Å². The Morgan fingerprint density at radius 1 is 0.558 bits per heavy atom. The van der Waals surface area contributed by atoms with Gasteiger partial charge in [-0.2, -0.15) is 0 Å². The summed E-state index contributed by atoms with van der Waals surface area (Å²) in [6.07, 6.45) is 0. The van der Waals surface area contributed by atoms with Crippen molar-refractivity contribution in [2.75, 3.05) is 5.43 Å². The number of hydrogen-bond acceptors (Lipinski definition) is 2. The molecule has 0 amide bonds. The van der Waals surface area contributed by atoms with E-state index in [4.69, 9.17) is 14.8 Å². The monoisotopic (exact) mass is 554 g/mol. The number of aromatic nitrogens is 1. The van der Waals surface area contributed by atoms with Crippen molar-refractivity contribution in [2.45, 2.75) is 0 Å². The third kappa shape index (κ3) is 4.26. The van der Waals surface area contributed by atoms with Crippen molar-refractivity contribution >= 4 is 55.4 Å². The first-order chi connectivity index (χ1) is 21.2. The predicted molar refractivity (Wildman–Crippen MR) is 178 cm³/mol. The van der Waals surface area contributed by atoms with Crippen LogP contribution in [0.4, 0.5) is 0 Å². The van der Waals surface area contributed by atoms with Gasteiger partial charge < -0.3 is 4.42 Å². The summed E-state index contributed by atoms with van der Waals surface area (Å²) in [6, 6.07) is 48.9. The molecule has 0 atom stereocenters. The molecule has 5 heteroatoms. The van der Waals surface area contributed by atoms with Crippen LogP contribution in [0.3, 0.4) is 0 Å². The second-order valence-corrected chi connectivity index (χ2v) is 10.5. The molecule has 0 saturated carbocycles. The fourth-order valence-corrected chi connectivity index (χ4v) is 5.89. The first-order valence-electron chi connectivity index (χ1n) is 14.2. The van der Waals surface area contributed by atoms with Gasteiger partial charge in [-0.05, 0) is 46.8 Å². The lowest BCUT2D eigenvalue weighted by atomic mass is 10.0. The van der Waals surface area contributed by atoms with Gasteiger partial charge >= 0.3 is 0 Å². The minimum absolute atomic E-state index is 0.181. The van der Waals surface area contributed by atoms with Crippen LogP contribution in [0.2, 0.25) is 0 Å². The van der Waals surface area contributed by atoms with E-state index in [2.05, 4.69) is 76.8 Å². The second kappa shape index (κ2) is 10.2. The number of amidine groups is 2. The Hall–Kier alpha value is -5.94. The Kier molecular flexibility index (Phi) is 5.86. The second-order valence-electron chi connectivity index (χ2n) is 10.5. The average Bonchev–Trinajstić information content (AvgIpc) is 3.31. The van der Waals surface area contributed by atoms with Gasteiger partial charge in [0.05, 0.1) is 16.4 Å². The van der Waals surface area contributed by atoms with Gasteiger partial charge in [0.25, 0.3) is 0 Å². The van der Waals surface area contributed by atoms with Gasteiger partial charge in [0.1, 0.15) is 11.2 Å². The highest BCUT2D eigenvalue weighted by Crippen LogP contribution is 2.40. The molecule has 0 radical (unpaired) electrons. The van der Waals surface area contributed by atoms with Crippen LogP contribution in [-0.4, -0.2) is 16.3 Å². The Morgan fingerprint density at radius 3 is 1.95 bits per heavy atom. The zero-order chi connectivity index (χ0) is 28.8. The van der Waals surface area contributed by atoms with E-state index in [9.17, 15) is 0 Å². The van der Waals surface area contributed by atoms with Gasteiger partial charge in [-0.1, -0.05) is 115 Å². The fourth-order valence-electron chi connectivity index (χ4n) is 5.89. The van der Waals surface area contributed by atoms with Crippen molar-refractivity contribution < 1.29 is 4.42 Å². The minimum Gasteiger partial charge on any atom is -0.456 e. The molecule has 5 nitrogen and oxygen atoms in total. The van der Waals surface area contributed by atoms with E-state index in [0.717, 1.165) is 66.0 Å². The fraction of sp³-hybridized carbons (Fsp3) is 0. The number of benzene rings is 6. The Bertz CT molecular complexity index is 2320. The summed E-state index contributed by atoms with van der Waals surface area (Å²) in [5.41, 5.74) is 11.1. The van der Waals surface area contributed by atoms with Crippen molar-refractivity contribution in [3.8, 4) is 11.1 Å². The molecule has 0 bridgehead atoms. The molecular weight excluding hydrogens is 528 g/mol. The van der Waals surface area contributed by atoms with Gasteiger partial charge in [-0.25, -0.2) is 4.99 Å². The molecule has 0 fully saturated rings. The highest BCUT2D eigenvalue weighted by atomic mass is 16.3. The highest BCUT2D eigenvalue weighted by molar-refractivity contribution is 6.27. The largest absolute Gasteiger partial charge is 0.456 e. The number of nitrogens with zero attached hydrogens (tertiary/aromatic N) is 2. The summed E-state index contributed by atoms with van der Waals surface area (Å²) in [5, 5.41) is 13.1. The normalized spacial score (nSPS) is 12.0. The van der Waals surface area contributed by atoms with Crippen LogP contribution in [0.1, 0.15) is 11.1 Å². The Labute approximate surface area is 247 Å². The molecule has 0 aliphatic carbocycles. The standard InChI is InChI=1S/C38H26N4O/c39-37(26-14-6-2-7-15-26)40-38(27-16-8-3-9-17-27)41-42-31-19-10-18-29-30-24-28(25-12-4-1-5-13-25)22-23-33(30)43-34-21-11-20-32(42)36(34)35(29)31/h1-24H,(H2,39,40,41). The molecule has 0 saturated heterocycles. The summed E-state index contributed by atoms with van der Waals surface area (Å²) in [5.74, 6) is 0.759. The first-order valence-corrected chi connectivity index (χ1v) is 14.2. The Morgan fingerprint density at radius 2 is 1.21 bits per heavy atom. The maximum atomic E-state index is 8.79. The van der Waals surface area contributed by atoms with Crippen molar-refractivity contribution in [3.05, 3.63) is 157 Å². The molecule has 6 aromatic carbocycles. The van der Waals surface area contributed by atoms with E-state index in [1.807, 2.05) is 78.9 Å². The summed E-state index contributed by atoms with van der Waals surface area (Å²) < 4.78 is 8.70. The van der Waals surface area contributed by atoms with Gasteiger partial charge in [-0.15, -0.1) is 0 Å². The number of nitrogens with one attached hydrogen (secondary N) is 2. The molecule has 8 rings (SSSR count). The summed E-state index contributed by atoms with van der Waals surface area (Å²) in [7, 11) is 0. The van der Waals surface area contributed by atoms with Gasteiger partial charge in [0.2, 0.25) is 0 Å². The van der Waals surface area contributed by atoms with E-state index in [1.165, 1.54) is 0 Å². The molecule has 204 valence electrons. The molecule has 0 aliphatic rings. The van der Waals surface area contributed by atoms with Crippen LogP contribution in [-0.2, 0) is 0 Å². The molecule has 0 unspecified atom stereocenters. The quantitative estimate of drug-likeness (QED) is 0.168. The number of fused-ring (bicyclic) bond motifs is 2. The number of hydrogen-bond donors (Lipinski definition) is 2. The molecule has 0 spiro atoms. The lowest BCUT2D eigenvalue weighted by Gasteiger charge is -2.15. The van der Waals surface area contributed by atoms with Gasteiger partial charge in [-0.3, -0.25) is 15.5 Å². The minimum atomic E-state index is 0.181. The number of rotatable bonds is 4. The average molecular weight is 555 g/mol. The lowest BCUT2D eigenvalue weighted by molar-refractivity contribution is 0.664. The highest BCUT2D eigenvalue weighted by Gasteiger charge is 2.19. The summed E-state index contributed by atoms with van der Waals surface area (Å²) in [4.78, 5) is 4.80. The van der Waals surface area contributed by atoms with Crippen LogP contribution in [0, 0.1) is 5.41 Å². The molecule has 2 heterocycles. The third-order valence-corrected chi connectivity index (χ3v) is 7.91. The summed E-state index contributed by atoms with van der Waals surface area (Å²) in [6.45, 7) is 0. The molecular formula is C38H26N4O. The Balaban J connectivity index is 1.38. The first kappa shape index (κ1) is 24.8. The van der Waals surface area contributed by atoms with Crippen molar-refractivity contribution in [1.29, 1.82) is 5.41 Å². The molecule has 43 heavy (non-hydrogen) atoms. The van der Waals surface area contributed by atoms with E-state index in [-0.39, 0.29) is 5.84 Å². The van der Waals surface area contributed by atoms with Crippen LogP contribution in [0.15, 0.2) is 155 Å². The van der Waals surface area contributed by atoms with E-state index in [0.29, 0.717) is 5.84 Å².